The first-order valence-electron chi connectivity index (χ1n) is 6.67. The summed E-state index contributed by atoms with van der Waals surface area (Å²) >= 11 is 0. The van der Waals surface area contributed by atoms with Crippen molar-refractivity contribution in [3.8, 4) is 0 Å². The van der Waals surface area contributed by atoms with E-state index in [-0.39, 0.29) is 18.0 Å². The summed E-state index contributed by atoms with van der Waals surface area (Å²) in [4.78, 5) is 26.9. The third-order valence-corrected chi connectivity index (χ3v) is 3.30. The van der Waals surface area contributed by atoms with Crippen molar-refractivity contribution in [3.05, 3.63) is 71.7 Å². The van der Waals surface area contributed by atoms with E-state index in [9.17, 15) is 14.0 Å². The lowest BCUT2D eigenvalue weighted by Crippen LogP contribution is -2.17. The van der Waals surface area contributed by atoms with Crippen LogP contribution in [0.2, 0.25) is 0 Å². The molecule has 0 atom stereocenters. The zero-order valence-corrected chi connectivity index (χ0v) is 11.5. The van der Waals surface area contributed by atoms with Gasteiger partial charge >= 0.3 is 5.97 Å². The zero-order chi connectivity index (χ0) is 15.5. The summed E-state index contributed by atoms with van der Waals surface area (Å²) in [5.74, 6) is -2.02. The van der Waals surface area contributed by atoms with Crippen molar-refractivity contribution >= 4 is 22.7 Å². The number of benzene rings is 2. The average molecular weight is 297 g/mol. The van der Waals surface area contributed by atoms with Gasteiger partial charge in [-0.2, -0.15) is 0 Å². The monoisotopic (exact) mass is 297 g/mol. The number of aromatic nitrogens is 1. The van der Waals surface area contributed by atoms with E-state index >= 15 is 0 Å². The first kappa shape index (κ1) is 14.0. The maximum atomic E-state index is 12.8. The van der Waals surface area contributed by atoms with Gasteiger partial charge in [0.05, 0.1) is 5.56 Å². The molecule has 0 unspecified atom stereocenters. The van der Waals surface area contributed by atoms with Crippen LogP contribution >= 0.6 is 0 Å². The van der Waals surface area contributed by atoms with Crippen LogP contribution in [0.1, 0.15) is 15.9 Å². The van der Waals surface area contributed by atoms with Crippen molar-refractivity contribution < 1.29 is 18.7 Å². The number of fused-ring (bicyclic) bond motifs is 1. The summed E-state index contributed by atoms with van der Waals surface area (Å²) in [6.07, 6.45) is 1.49. The highest BCUT2D eigenvalue weighted by Gasteiger charge is 2.21. The van der Waals surface area contributed by atoms with Gasteiger partial charge in [-0.1, -0.05) is 30.3 Å². The van der Waals surface area contributed by atoms with Crippen LogP contribution in [0.15, 0.2) is 54.7 Å². The molecule has 0 radical (unpaired) electrons. The maximum Gasteiger partial charge on any atom is 0.380 e. The van der Waals surface area contributed by atoms with Crippen molar-refractivity contribution in [1.29, 1.82) is 0 Å². The van der Waals surface area contributed by atoms with Gasteiger partial charge in [-0.15, -0.1) is 0 Å². The standard InChI is InChI=1S/C17H12FNO3/c18-12-7-5-11(6-8-12)10-22-17(21)16(20)14-9-19-15-4-2-1-3-13(14)15/h1-9,19H,10H2. The summed E-state index contributed by atoms with van der Waals surface area (Å²) in [5.41, 5.74) is 1.67. The van der Waals surface area contributed by atoms with Gasteiger partial charge in [-0.25, -0.2) is 9.18 Å². The highest BCUT2D eigenvalue weighted by Crippen LogP contribution is 2.18. The Morgan fingerprint density at radius 1 is 1.05 bits per heavy atom. The predicted octanol–water partition coefficient (Wildman–Crippen LogP) is 3.23. The van der Waals surface area contributed by atoms with Crippen LogP contribution in [-0.4, -0.2) is 16.7 Å². The van der Waals surface area contributed by atoms with E-state index in [4.69, 9.17) is 4.74 Å². The molecule has 0 saturated carbocycles. The molecule has 0 aliphatic rings. The average Bonchev–Trinajstić information content (AvgIpc) is 2.97. The van der Waals surface area contributed by atoms with E-state index in [1.165, 1.54) is 30.5 Å². The lowest BCUT2D eigenvalue weighted by atomic mass is 10.1. The molecule has 0 fully saturated rings. The second-order valence-electron chi connectivity index (χ2n) is 4.78. The number of ether oxygens (including phenoxy) is 1. The Bertz CT molecular complexity index is 836. The van der Waals surface area contributed by atoms with Crippen LogP contribution < -0.4 is 0 Å². The number of ketones is 1. The SMILES string of the molecule is O=C(OCc1ccc(F)cc1)C(=O)c1c[nH]c2ccccc12. The minimum atomic E-state index is -0.936. The highest BCUT2D eigenvalue weighted by molar-refractivity contribution is 6.42. The quantitative estimate of drug-likeness (QED) is 0.457. The number of esters is 1. The smallest absolute Gasteiger partial charge is 0.380 e. The summed E-state index contributed by atoms with van der Waals surface area (Å²) in [6.45, 7) is -0.0762. The zero-order valence-electron chi connectivity index (χ0n) is 11.5. The summed E-state index contributed by atoms with van der Waals surface area (Å²) in [7, 11) is 0. The first-order valence-corrected chi connectivity index (χ1v) is 6.67. The Balaban J connectivity index is 1.72. The van der Waals surface area contributed by atoms with Gasteiger partial charge in [-0.3, -0.25) is 4.79 Å². The van der Waals surface area contributed by atoms with Gasteiger partial charge in [0.2, 0.25) is 0 Å². The number of halogens is 1. The summed E-state index contributed by atoms with van der Waals surface area (Å²) in [5, 5.41) is 0.672. The maximum absolute atomic E-state index is 12.8. The molecule has 3 aromatic rings. The number of carbonyl (C=O) groups is 2. The number of Topliss-reactive ketones (excluding diaryl/α,β-unsaturated/α-hetero) is 1. The molecule has 0 aliphatic carbocycles. The number of nitrogens with one attached hydrogen (secondary N) is 1. The molecule has 0 bridgehead atoms. The summed E-state index contributed by atoms with van der Waals surface area (Å²) in [6, 6.07) is 12.7. The fourth-order valence-electron chi connectivity index (χ4n) is 2.16. The highest BCUT2D eigenvalue weighted by atomic mass is 19.1. The van der Waals surface area contributed by atoms with Crippen LogP contribution in [-0.2, 0) is 16.1 Å². The number of para-hydroxylation sites is 1. The molecule has 4 nitrogen and oxygen atoms in total. The van der Waals surface area contributed by atoms with Crippen LogP contribution in [0.4, 0.5) is 4.39 Å². The van der Waals surface area contributed by atoms with E-state index in [0.717, 1.165) is 5.52 Å². The molecule has 1 heterocycles. The molecule has 0 aliphatic heterocycles. The second-order valence-corrected chi connectivity index (χ2v) is 4.78. The largest absolute Gasteiger partial charge is 0.455 e. The van der Waals surface area contributed by atoms with E-state index in [1.54, 1.807) is 12.1 Å². The molecule has 0 saturated heterocycles. The van der Waals surface area contributed by atoms with Gasteiger partial charge < -0.3 is 9.72 Å². The van der Waals surface area contributed by atoms with E-state index < -0.39 is 11.8 Å². The minimum absolute atomic E-state index is 0.0762. The molecular formula is C17H12FNO3. The van der Waals surface area contributed by atoms with Gasteiger partial charge in [-0.05, 0) is 23.8 Å². The van der Waals surface area contributed by atoms with Crippen LogP contribution in [0.5, 0.6) is 0 Å². The Hall–Kier alpha value is -2.95. The van der Waals surface area contributed by atoms with E-state index in [2.05, 4.69) is 4.98 Å². The van der Waals surface area contributed by atoms with Crippen LogP contribution in [0, 0.1) is 5.82 Å². The number of carbonyl (C=O) groups excluding carboxylic acids is 2. The van der Waals surface area contributed by atoms with E-state index in [0.29, 0.717) is 10.9 Å². The van der Waals surface area contributed by atoms with Crippen LogP contribution in [0.3, 0.4) is 0 Å². The van der Waals surface area contributed by atoms with Crippen molar-refractivity contribution in [2.45, 2.75) is 6.61 Å². The molecule has 5 heteroatoms. The lowest BCUT2D eigenvalue weighted by molar-refractivity contribution is -0.139. The molecule has 22 heavy (non-hydrogen) atoms. The molecule has 1 N–H and O–H groups in total. The third kappa shape index (κ3) is 2.74. The molecule has 110 valence electrons. The Morgan fingerprint density at radius 3 is 2.55 bits per heavy atom. The fraction of sp³-hybridized carbons (Fsp3) is 0.0588. The Labute approximate surface area is 125 Å². The van der Waals surface area contributed by atoms with Gasteiger partial charge in [0.1, 0.15) is 12.4 Å². The number of aromatic amines is 1. The van der Waals surface area contributed by atoms with Gasteiger partial charge in [0, 0.05) is 17.1 Å². The number of H-pyrrole nitrogens is 1. The predicted molar refractivity (Wildman–Crippen MR) is 78.8 cm³/mol. The Morgan fingerprint density at radius 2 is 1.77 bits per heavy atom. The van der Waals surface area contributed by atoms with Crippen molar-refractivity contribution in [2.75, 3.05) is 0 Å². The molecular weight excluding hydrogens is 285 g/mol. The summed E-state index contributed by atoms with van der Waals surface area (Å²) < 4.78 is 17.8. The van der Waals surface area contributed by atoms with Crippen molar-refractivity contribution in [1.82, 2.24) is 4.98 Å². The normalized spacial score (nSPS) is 10.6. The topological polar surface area (TPSA) is 59.2 Å². The number of rotatable bonds is 4. The Kier molecular flexibility index (Phi) is 3.70. The van der Waals surface area contributed by atoms with Crippen molar-refractivity contribution in [3.63, 3.8) is 0 Å². The minimum Gasteiger partial charge on any atom is -0.455 e. The lowest BCUT2D eigenvalue weighted by Gasteiger charge is -2.04. The second kappa shape index (κ2) is 5.81. The molecule has 0 spiro atoms. The number of hydrogen-bond donors (Lipinski definition) is 1. The molecule has 2 aromatic carbocycles. The van der Waals surface area contributed by atoms with Crippen molar-refractivity contribution in [2.24, 2.45) is 0 Å². The van der Waals surface area contributed by atoms with Gasteiger partial charge in [0.25, 0.3) is 5.78 Å². The third-order valence-electron chi connectivity index (χ3n) is 3.30. The van der Waals surface area contributed by atoms with Gasteiger partial charge in [0.15, 0.2) is 0 Å². The molecule has 1 aromatic heterocycles. The molecule has 3 rings (SSSR count). The van der Waals surface area contributed by atoms with E-state index in [1.807, 2.05) is 12.1 Å². The van der Waals surface area contributed by atoms with Crippen LogP contribution in [0.25, 0.3) is 10.9 Å². The first-order chi connectivity index (χ1) is 10.6. The fourth-order valence-corrected chi connectivity index (χ4v) is 2.16. The number of hydrogen-bond acceptors (Lipinski definition) is 3. The molecule has 0 amide bonds.